The molecule has 0 saturated heterocycles. The van der Waals surface area contributed by atoms with Gasteiger partial charge in [0.15, 0.2) is 23.0 Å². The number of fused-ring (bicyclic) bond motifs is 5. The molecular weight excluding hydrogens is 378 g/mol. The summed E-state index contributed by atoms with van der Waals surface area (Å²) in [6.45, 7) is 1.25. The number of benzene rings is 3. The first-order valence-electron chi connectivity index (χ1n) is 10.4. The highest BCUT2D eigenvalue weighted by atomic mass is 16.7. The molecule has 0 unspecified atom stereocenters. The minimum atomic E-state index is 0.105. The highest BCUT2D eigenvalue weighted by Crippen LogP contribution is 2.50. The molecule has 0 fully saturated rings. The van der Waals surface area contributed by atoms with Crippen LogP contribution in [-0.4, -0.2) is 30.5 Å². The van der Waals surface area contributed by atoms with Gasteiger partial charge in [-0.1, -0.05) is 30.3 Å². The van der Waals surface area contributed by atoms with Crippen LogP contribution in [0, 0.1) is 0 Å². The van der Waals surface area contributed by atoms with Gasteiger partial charge in [0.2, 0.25) is 6.79 Å². The van der Waals surface area contributed by atoms with Crippen molar-refractivity contribution in [2.45, 2.75) is 24.9 Å². The zero-order valence-corrected chi connectivity index (χ0v) is 16.8. The van der Waals surface area contributed by atoms with Gasteiger partial charge in [0.1, 0.15) is 0 Å². The molecule has 5 heteroatoms. The number of rotatable bonds is 2. The topological polar surface area (TPSA) is 51.2 Å². The minimum Gasteiger partial charge on any atom is -0.504 e. The lowest BCUT2D eigenvalue weighted by Gasteiger charge is -2.47. The minimum absolute atomic E-state index is 0.105. The second kappa shape index (κ2) is 6.67. The van der Waals surface area contributed by atoms with Crippen molar-refractivity contribution in [3.8, 4) is 23.0 Å². The second-order valence-electron chi connectivity index (χ2n) is 8.15. The van der Waals surface area contributed by atoms with Gasteiger partial charge in [-0.05, 0) is 64.9 Å². The maximum absolute atomic E-state index is 10.5. The van der Waals surface area contributed by atoms with Crippen molar-refractivity contribution >= 4 is 0 Å². The lowest BCUT2D eigenvalue weighted by atomic mass is 9.78. The molecule has 3 heterocycles. The molecule has 0 aromatic heterocycles. The SMILES string of the molecule is COc1cc2c(cc1O)C[C@H]1c3cc4c(cc3CCN1[C@H]2c1ccccc1)OCO4. The van der Waals surface area contributed by atoms with E-state index in [2.05, 4.69) is 41.3 Å². The van der Waals surface area contributed by atoms with E-state index in [1.54, 1.807) is 7.11 Å². The van der Waals surface area contributed by atoms with Gasteiger partial charge in [-0.15, -0.1) is 0 Å². The standard InChI is InChI=1S/C25H23NO4/c1-28-22-13-19-17(10-21(22)27)9-20-18-12-24-23(29-14-30-24)11-16(18)7-8-26(20)25(19)15-5-3-2-4-6-15/h2-6,10-13,20,25,27H,7-9,14H2,1H3/t20-,25-/m0/s1. The highest BCUT2D eigenvalue weighted by Gasteiger charge is 2.40. The number of ether oxygens (including phenoxy) is 3. The second-order valence-corrected chi connectivity index (χ2v) is 8.15. The first-order chi connectivity index (χ1) is 14.7. The summed E-state index contributed by atoms with van der Waals surface area (Å²) in [5.41, 5.74) is 6.24. The first kappa shape index (κ1) is 17.7. The van der Waals surface area contributed by atoms with Crippen molar-refractivity contribution in [2.75, 3.05) is 20.4 Å². The van der Waals surface area contributed by atoms with E-state index < -0.39 is 0 Å². The molecule has 0 spiro atoms. The van der Waals surface area contributed by atoms with E-state index in [1.807, 2.05) is 18.2 Å². The summed E-state index contributed by atoms with van der Waals surface area (Å²) in [5.74, 6) is 2.39. The van der Waals surface area contributed by atoms with Gasteiger partial charge in [-0.25, -0.2) is 0 Å². The summed E-state index contributed by atoms with van der Waals surface area (Å²) in [4.78, 5) is 2.58. The van der Waals surface area contributed by atoms with Crippen molar-refractivity contribution in [3.63, 3.8) is 0 Å². The average molecular weight is 401 g/mol. The third-order valence-corrected chi connectivity index (χ3v) is 6.63. The Hall–Kier alpha value is -3.18. The van der Waals surface area contributed by atoms with Crippen LogP contribution < -0.4 is 14.2 Å². The van der Waals surface area contributed by atoms with Crippen molar-refractivity contribution < 1.29 is 19.3 Å². The normalized spacial score (nSPS) is 21.5. The quantitative estimate of drug-likeness (QED) is 0.691. The van der Waals surface area contributed by atoms with E-state index in [0.29, 0.717) is 5.75 Å². The van der Waals surface area contributed by atoms with E-state index in [9.17, 15) is 5.11 Å². The van der Waals surface area contributed by atoms with Crippen molar-refractivity contribution in [3.05, 3.63) is 82.4 Å². The van der Waals surface area contributed by atoms with Gasteiger partial charge in [0.05, 0.1) is 13.2 Å². The van der Waals surface area contributed by atoms with Crippen LogP contribution in [-0.2, 0) is 12.8 Å². The van der Waals surface area contributed by atoms with Crippen molar-refractivity contribution in [2.24, 2.45) is 0 Å². The van der Waals surface area contributed by atoms with Gasteiger partial charge >= 0.3 is 0 Å². The Bertz CT molecular complexity index is 1130. The fourth-order valence-electron chi connectivity index (χ4n) is 5.26. The summed E-state index contributed by atoms with van der Waals surface area (Å²) in [6.07, 6.45) is 1.80. The van der Waals surface area contributed by atoms with Crippen LogP contribution in [0.5, 0.6) is 23.0 Å². The number of methoxy groups -OCH3 is 1. The summed E-state index contributed by atoms with van der Waals surface area (Å²) in [6, 6.07) is 19.1. The predicted octanol–water partition coefficient (Wildman–Crippen LogP) is 4.37. The Labute approximate surface area is 175 Å². The van der Waals surface area contributed by atoms with Crippen LogP contribution in [0.25, 0.3) is 0 Å². The summed E-state index contributed by atoms with van der Waals surface area (Å²) >= 11 is 0. The van der Waals surface area contributed by atoms with E-state index in [4.69, 9.17) is 14.2 Å². The van der Waals surface area contributed by atoms with Crippen LogP contribution in [0.4, 0.5) is 0 Å². The molecule has 3 aliphatic rings. The Kier molecular flexibility index (Phi) is 3.93. The number of aromatic hydroxyl groups is 1. The number of phenols is 1. The predicted molar refractivity (Wildman–Crippen MR) is 112 cm³/mol. The van der Waals surface area contributed by atoms with Crippen molar-refractivity contribution in [1.29, 1.82) is 0 Å². The maximum atomic E-state index is 10.5. The molecule has 0 saturated carbocycles. The molecule has 152 valence electrons. The number of phenolic OH excluding ortho intramolecular Hbond substituents is 1. The molecule has 3 aromatic carbocycles. The molecule has 2 atom stereocenters. The van der Waals surface area contributed by atoms with Crippen LogP contribution >= 0.6 is 0 Å². The summed E-state index contributed by atoms with van der Waals surface area (Å²) in [5, 5.41) is 10.5. The lowest BCUT2D eigenvalue weighted by molar-refractivity contribution is 0.128. The molecule has 0 amide bonds. The van der Waals surface area contributed by atoms with Crippen LogP contribution in [0.15, 0.2) is 54.6 Å². The molecule has 30 heavy (non-hydrogen) atoms. The zero-order valence-electron chi connectivity index (χ0n) is 16.8. The smallest absolute Gasteiger partial charge is 0.231 e. The van der Waals surface area contributed by atoms with Crippen LogP contribution in [0.2, 0.25) is 0 Å². The fourth-order valence-corrected chi connectivity index (χ4v) is 5.26. The molecule has 6 rings (SSSR count). The molecular formula is C25H23NO4. The summed E-state index contributed by atoms with van der Waals surface area (Å²) < 4.78 is 16.7. The summed E-state index contributed by atoms with van der Waals surface area (Å²) in [7, 11) is 1.60. The van der Waals surface area contributed by atoms with Crippen molar-refractivity contribution in [1.82, 2.24) is 4.90 Å². The zero-order chi connectivity index (χ0) is 20.2. The van der Waals surface area contributed by atoms with Crippen LogP contribution in [0.3, 0.4) is 0 Å². The number of hydrogen-bond acceptors (Lipinski definition) is 5. The maximum Gasteiger partial charge on any atom is 0.231 e. The Morgan fingerprint density at radius 2 is 1.77 bits per heavy atom. The van der Waals surface area contributed by atoms with Gasteiger partial charge in [-0.3, -0.25) is 4.90 Å². The molecule has 3 aliphatic heterocycles. The highest BCUT2D eigenvalue weighted by molar-refractivity contribution is 5.55. The lowest BCUT2D eigenvalue weighted by Crippen LogP contribution is -2.43. The molecule has 5 nitrogen and oxygen atoms in total. The Balaban J connectivity index is 1.53. The average Bonchev–Trinajstić information content (AvgIpc) is 3.23. The third kappa shape index (κ3) is 2.58. The Morgan fingerprint density at radius 1 is 0.967 bits per heavy atom. The van der Waals surface area contributed by atoms with Gasteiger partial charge < -0.3 is 19.3 Å². The monoisotopic (exact) mass is 401 g/mol. The third-order valence-electron chi connectivity index (χ3n) is 6.63. The van der Waals surface area contributed by atoms with E-state index >= 15 is 0 Å². The molecule has 0 aliphatic carbocycles. The number of hydrogen-bond donors (Lipinski definition) is 1. The first-order valence-corrected chi connectivity index (χ1v) is 10.4. The van der Waals surface area contributed by atoms with Gasteiger partial charge in [0.25, 0.3) is 0 Å². The van der Waals surface area contributed by atoms with E-state index in [1.165, 1.54) is 22.3 Å². The van der Waals surface area contributed by atoms with Crippen LogP contribution in [0.1, 0.15) is 39.9 Å². The largest absolute Gasteiger partial charge is 0.504 e. The molecule has 0 radical (unpaired) electrons. The molecule has 1 N–H and O–H groups in total. The van der Waals surface area contributed by atoms with E-state index in [0.717, 1.165) is 36.4 Å². The van der Waals surface area contributed by atoms with E-state index in [-0.39, 0.29) is 24.6 Å². The molecule has 0 bridgehead atoms. The van der Waals surface area contributed by atoms with Gasteiger partial charge in [-0.2, -0.15) is 0 Å². The number of nitrogens with zero attached hydrogens (tertiary/aromatic N) is 1. The Morgan fingerprint density at radius 3 is 2.57 bits per heavy atom. The fraction of sp³-hybridized carbons (Fsp3) is 0.280. The molecule has 3 aromatic rings. The van der Waals surface area contributed by atoms with Gasteiger partial charge in [0, 0.05) is 12.6 Å².